The molecule has 6 nitrogen and oxygen atoms in total. The first-order valence-corrected chi connectivity index (χ1v) is 11.6. The van der Waals surface area contributed by atoms with Gasteiger partial charge in [-0.2, -0.15) is 0 Å². The van der Waals surface area contributed by atoms with Crippen molar-refractivity contribution in [1.82, 2.24) is 19.5 Å². The van der Waals surface area contributed by atoms with Gasteiger partial charge in [0.05, 0.1) is 32.7 Å². The second-order valence-electron chi connectivity index (χ2n) is 8.00. The third-order valence-electron chi connectivity index (χ3n) is 5.86. The molecule has 0 aliphatic rings. The Balaban J connectivity index is 1.68. The Morgan fingerprint density at radius 2 is 1.52 bits per heavy atom. The highest BCUT2D eigenvalue weighted by Gasteiger charge is 2.20. The summed E-state index contributed by atoms with van der Waals surface area (Å²) >= 11 is 1.40. The molecule has 2 heterocycles. The third kappa shape index (κ3) is 3.74. The molecule has 0 saturated carbocycles. The summed E-state index contributed by atoms with van der Waals surface area (Å²) in [6, 6.07) is 20.5. The largest absolute Gasteiger partial charge is 0.309 e. The minimum Gasteiger partial charge on any atom is -0.309 e. The van der Waals surface area contributed by atoms with Gasteiger partial charge in [0.25, 0.3) is 11.1 Å². The van der Waals surface area contributed by atoms with Crippen LogP contribution in [0.5, 0.6) is 0 Å². The molecule has 0 fully saturated rings. The average Bonchev–Trinajstić information content (AvgIpc) is 2.81. The number of nitrogens with one attached hydrogen (secondary N) is 1. The number of hydrogen-bond acceptors (Lipinski definition) is 5. The van der Waals surface area contributed by atoms with Crippen LogP contribution >= 0.6 is 11.8 Å². The molecule has 0 spiro atoms. The zero-order valence-corrected chi connectivity index (χ0v) is 19.3. The van der Waals surface area contributed by atoms with Crippen LogP contribution < -0.4 is 11.1 Å². The maximum Gasteiger partial charge on any atom is 0.266 e. The van der Waals surface area contributed by atoms with E-state index in [2.05, 4.69) is 9.97 Å². The lowest BCUT2D eigenvalue weighted by Gasteiger charge is -2.18. The lowest BCUT2D eigenvalue weighted by atomic mass is 10.1. The van der Waals surface area contributed by atoms with E-state index in [1.54, 1.807) is 16.7 Å². The summed E-state index contributed by atoms with van der Waals surface area (Å²) in [6.45, 7) is 5.98. The molecule has 1 unspecified atom stereocenters. The molecule has 0 aliphatic heterocycles. The number of H-pyrrole nitrogens is 1. The standard InChI is InChI=1S/C26H22N4O2S/c1-15-9-8-14-22(16(15)2)30-25(32)19-11-5-7-13-21(19)28-26(30)33-17(3)23-27-20-12-6-4-10-18(20)24(31)29-23/h4-14,17H,1-3H3,(H,27,29,31). The second kappa shape index (κ2) is 8.33. The fraction of sp³-hybridized carbons (Fsp3) is 0.154. The Hall–Kier alpha value is -3.71. The quantitative estimate of drug-likeness (QED) is 0.302. The number of rotatable bonds is 4. The van der Waals surface area contributed by atoms with E-state index in [1.807, 2.05) is 75.4 Å². The van der Waals surface area contributed by atoms with Crippen LogP contribution in [-0.4, -0.2) is 19.5 Å². The molecule has 7 heteroatoms. The number of fused-ring (bicyclic) bond motifs is 2. The minimum atomic E-state index is -0.244. The molecular formula is C26H22N4O2S. The Labute approximate surface area is 194 Å². The van der Waals surface area contributed by atoms with Gasteiger partial charge < -0.3 is 4.98 Å². The molecule has 5 aromatic rings. The van der Waals surface area contributed by atoms with Gasteiger partial charge in [-0.3, -0.25) is 14.2 Å². The zero-order chi connectivity index (χ0) is 23.1. The van der Waals surface area contributed by atoms with Gasteiger partial charge in [0.15, 0.2) is 5.16 Å². The van der Waals surface area contributed by atoms with Crippen molar-refractivity contribution in [2.24, 2.45) is 0 Å². The molecule has 0 saturated heterocycles. The Morgan fingerprint density at radius 3 is 2.27 bits per heavy atom. The van der Waals surface area contributed by atoms with E-state index in [9.17, 15) is 9.59 Å². The van der Waals surface area contributed by atoms with Gasteiger partial charge in [-0.15, -0.1) is 0 Å². The van der Waals surface area contributed by atoms with Gasteiger partial charge in [-0.25, -0.2) is 9.97 Å². The zero-order valence-electron chi connectivity index (χ0n) is 18.5. The lowest BCUT2D eigenvalue weighted by molar-refractivity contribution is 0.804. The predicted octanol–water partition coefficient (Wildman–Crippen LogP) is 5.09. The number of thioether (sulfide) groups is 1. The van der Waals surface area contributed by atoms with Crippen molar-refractivity contribution in [3.8, 4) is 5.69 Å². The first-order valence-electron chi connectivity index (χ1n) is 10.7. The van der Waals surface area contributed by atoms with Crippen LogP contribution in [0.25, 0.3) is 27.5 Å². The fourth-order valence-electron chi connectivity index (χ4n) is 3.89. The molecule has 3 aromatic carbocycles. The second-order valence-corrected chi connectivity index (χ2v) is 9.31. The molecule has 5 rings (SSSR count). The normalized spacial score (nSPS) is 12.3. The number of aryl methyl sites for hydroxylation is 1. The van der Waals surface area contributed by atoms with Crippen molar-refractivity contribution in [2.75, 3.05) is 0 Å². The molecular weight excluding hydrogens is 432 g/mol. The SMILES string of the molecule is Cc1cccc(-n2c(SC(C)c3nc4ccccc4c(=O)[nH]3)nc3ccccc3c2=O)c1C. The van der Waals surface area contributed by atoms with Crippen LogP contribution in [-0.2, 0) is 0 Å². The number of nitrogens with zero attached hydrogens (tertiary/aromatic N) is 3. The third-order valence-corrected chi connectivity index (χ3v) is 6.92. The lowest BCUT2D eigenvalue weighted by Crippen LogP contribution is -2.23. The number of hydrogen-bond donors (Lipinski definition) is 1. The van der Waals surface area contributed by atoms with E-state index in [-0.39, 0.29) is 16.4 Å². The Kier molecular flexibility index (Phi) is 5.34. The number of para-hydroxylation sites is 2. The summed E-state index contributed by atoms with van der Waals surface area (Å²) in [5.41, 5.74) is 3.89. The number of aromatic nitrogens is 4. The van der Waals surface area contributed by atoms with E-state index in [0.717, 1.165) is 16.8 Å². The molecule has 2 aromatic heterocycles. The van der Waals surface area contributed by atoms with Crippen molar-refractivity contribution in [1.29, 1.82) is 0 Å². The van der Waals surface area contributed by atoms with Gasteiger partial charge >= 0.3 is 0 Å². The molecule has 0 radical (unpaired) electrons. The Morgan fingerprint density at radius 1 is 0.848 bits per heavy atom. The van der Waals surface area contributed by atoms with E-state index in [0.29, 0.717) is 32.8 Å². The highest BCUT2D eigenvalue weighted by atomic mass is 32.2. The summed E-state index contributed by atoms with van der Waals surface area (Å²) in [5.74, 6) is 0.540. The topological polar surface area (TPSA) is 80.6 Å². The highest BCUT2D eigenvalue weighted by molar-refractivity contribution is 7.99. The van der Waals surface area contributed by atoms with E-state index in [4.69, 9.17) is 4.98 Å². The van der Waals surface area contributed by atoms with Crippen LogP contribution in [0.15, 0.2) is 81.5 Å². The molecule has 0 bridgehead atoms. The summed E-state index contributed by atoms with van der Waals surface area (Å²) < 4.78 is 1.67. The molecule has 164 valence electrons. The summed E-state index contributed by atoms with van der Waals surface area (Å²) in [4.78, 5) is 38.6. The van der Waals surface area contributed by atoms with Crippen molar-refractivity contribution in [2.45, 2.75) is 31.2 Å². The van der Waals surface area contributed by atoms with Crippen LogP contribution in [0.1, 0.15) is 29.1 Å². The highest BCUT2D eigenvalue weighted by Crippen LogP contribution is 2.34. The van der Waals surface area contributed by atoms with E-state index in [1.165, 1.54) is 11.8 Å². The Bertz CT molecular complexity index is 1640. The predicted molar refractivity (Wildman–Crippen MR) is 133 cm³/mol. The van der Waals surface area contributed by atoms with Crippen molar-refractivity contribution in [3.63, 3.8) is 0 Å². The molecule has 1 N–H and O–H groups in total. The van der Waals surface area contributed by atoms with Crippen molar-refractivity contribution in [3.05, 3.63) is 104 Å². The summed E-state index contributed by atoms with van der Waals surface area (Å²) in [7, 11) is 0. The van der Waals surface area contributed by atoms with Gasteiger partial charge in [-0.1, -0.05) is 48.2 Å². The maximum absolute atomic E-state index is 13.6. The first-order chi connectivity index (χ1) is 15.9. The fourth-order valence-corrected chi connectivity index (χ4v) is 4.87. The number of aromatic amines is 1. The molecule has 1 atom stereocenters. The van der Waals surface area contributed by atoms with Gasteiger partial charge in [0.2, 0.25) is 0 Å². The van der Waals surface area contributed by atoms with Crippen molar-refractivity contribution < 1.29 is 0 Å². The van der Waals surface area contributed by atoms with Crippen LogP contribution in [0.2, 0.25) is 0 Å². The van der Waals surface area contributed by atoms with E-state index >= 15 is 0 Å². The van der Waals surface area contributed by atoms with Crippen LogP contribution in [0, 0.1) is 13.8 Å². The minimum absolute atomic E-state index is 0.121. The van der Waals surface area contributed by atoms with Crippen LogP contribution in [0.4, 0.5) is 0 Å². The van der Waals surface area contributed by atoms with Gasteiger partial charge in [0.1, 0.15) is 5.82 Å². The molecule has 0 aliphatic carbocycles. The summed E-state index contributed by atoms with van der Waals surface area (Å²) in [5, 5.41) is 1.42. The maximum atomic E-state index is 13.6. The summed E-state index contributed by atoms with van der Waals surface area (Å²) in [6.07, 6.45) is 0. The monoisotopic (exact) mass is 454 g/mol. The number of benzene rings is 3. The van der Waals surface area contributed by atoms with Crippen LogP contribution in [0.3, 0.4) is 0 Å². The van der Waals surface area contributed by atoms with Gasteiger partial charge in [-0.05, 0) is 62.2 Å². The smallest absolute Gasteiger partial charge is 0.266 e. The average molecular weight is 455 g/mol. The molecule has 33 heavy (non-hydrogen) atoms. The van der Waals surface area contributed by atoms with Crippen molar-refractivity contribution >= 4 is 33.6 Å². The molecule has 0 amide bonds. The van der Waals surface area contributed by atoms with Gasteiger partial charge in [0, 0.05) is 0 Å². The van der Waals surface area contributed by atoms with E-state index < -0.39 is 0 Å². The first kappa shape index (κ1) is 21.2.